The number of carboxylic acids is 1. The van der Waals surface area contributed by atoms with Crippen molar-refractivity contribution in [2.75, 3.05) is 0 Å². The highest BCUT2D eigenvalue weighted by Crippen LogP contribution is 2.27. The van der Waals surface area contributed by atoms with Crippen LogP contribution >= 0.6 is 0 Å². The molecule has 1 aliphatic rings. The summed E-state index contributed by atoms with van der Waals surface area (Å²) in [7, 11) is 0. The van der Waals surface area contributed by atoms with Crippen LogP contribution in [0, 0.1) is 17.2 Å². The zero-order valence-electron chi connectivity index (χ0n) is 12.4. The van der Waals surface area contributed by atoms with Gasteiger partial charge in [-0.15, -0.1) is 0 Å². The first kappa shape index (κ1) is 16.0. The van der Waals surface area contributed by atoms with Crippen molar-refractivity contribution in [2.45, 2.75) is 44.6 Å². The van der Waals surface area contributed by atoms with Crippen molar-refractivity contribution in [2.24, 2.45) is 5.92 Å². The third kappa shape index (κ3) is 4.59. The summed E-state index contributed by atoms with van der Waals surface area (Å²) in [6, 6.07) is 7.82. The van der Waals surface area contributed by atoms with Gasteiger partial charge in [-0.1, -0.05) is 25.0 Å². The fourth-order valence-electron chi connectivity index (χ4n) is 2.88. The van der Waals surface area contributed by atoms with E-state index in [4.69, 9.17) is 5.26 Å². The van der Waals surface area contributed by atoms with Crippen molar-refractivity contribution in [3.8, 4) is 6.07 Å². The first-order chi connectivity index (χ1) is 10.6. The highest BCUT2D eigenvalue weighted by atomic mass is 16.4. The zero-order chi connectivity index (χ0) is 15.9. The van der Waals surface area contributed by atoms with Crippen LogP contribution in [-0.2, 0) is 16.0 Å². The summed E-state index contributed by atoms with van der Waals surface area (Å²) in [5, 5.41) is 20.6. The first-order valence-electron chi connectivity index (χ1n) is 7.59. The topological polar surface area (TPSA) is 90.2 Å². The van der Waals surface area contributed by atoms with Gasteiger partial charge < -0.3 is 10.4 Å². The van der Waals surface area contributed by atoms with Crippen LogP contribution in [0.1, 0.15) is 43.2 Å². The molecule has 5 heteroatoms. The molecule has 0 bridgehead atoms. The number of nitriles is 1. The molecule has 1 aliphatic carbocycles. The van der Waals surface area contributed by atoms with Crippen molar-refractivity contribution >= 4 is 11.9 Å². The number of carbonyl (C=O) groups is 2. The highest BCUT2D eigenvalue weighted by Gasteiger charge is 2.23. The van der Waals surface area contributed by atoms with E-state index in [1.807, 2.05) is 6.07 Å². The lowest BCUT2D eigenvalue weighted by molar-refractivity contribution is -0.141. The second-order valence-corrected chi connectivity index (χ2v) is 5.83. The Morgan fingerprint density at radius 1 is 1.27 bits per heavy atom. The van der Waals surface area contributed by atoms with Crippen LogP contribution in [0.5, 0.6) is 0 Å². The number of nitrogens with zero attached hydrogens (tertiary/aromatic N) is 1. The largest absolute Gasteiger partial charge is 0.480 e. The lowest BCUT2D eigenvalue weighted by atomic mass is 10.0. The van der Waals surface area contributed by atoms with Crippen molar-refractivity contribution in [1.29, 1.82) is 5.26 Å². The van der Waals surface area contributed by atoms with E-state index in [0.29, 0.717) is 17.9 Å². The first-order valence-corrected chi connectivity index (χ1v) is 7.59. The molecule has 0 heterocycles. The van der Waals surface area contributed by atoms with E-state index in [9.17, 15) is 14.7 Å². The molecular weight excluding hydrogens is 280 g/mol. The molecule has 1 saturated carbocycles. The molecule has 1 amide bonds. The summed E-state index contributed by atoms with van der Waals surface area (Å²) in [6.45, 7) is 0. The molecule has 1 aromatic carbocycles. The van der Waals surface area contributed by atoms with E-state index in [0.717, 1.165) is 31.2 Å². The molecule has 0 unspecified atom stereocenters. The standard InChI is InChI=1S/C17H20N2O3/c18-11-14-7-5-13(6-8-14)9-15(17(21)22)19-16(20)10-12-3-1-2-4-12/h5-8,12,15H,1-4,9-10H2,(H,19,20)(H,21,22)/t15-/m0/s1. The molecule has 1 atom stereocenters. The van der Waals surface area contributed by atoms with Crippen LogP contribution in [0.2, 0.25) is 0 Å². The number of aliphatic carboxylic acids is 1. The Balaban J connectivity index is 1.92. The van der Waals surface area contributed by atoms with Gasteiger partial charge in [-0.3, -0.25) is 4.79 Å². The molecule has 22 heavy (non-hydrogen) atoms. The molecule has 5 nitrogen and oxygen atoms in total. The molecule has 2 N–H and O–H groups in total. The van der Waals surface area contributed by atoms with Crippen LogP contribution in [0.3, 0.4) is 0 Å². The van der Waals surface area contributed by atoms with E-state index in [1.165, 1.54) is 0 Å². The van der Waals surface area contributed by atoms with Gasteiger partial charge in [-0.05, 0) is 36.5 Å². The lowest BCUT2D eigenvalue weighted by Crippen LogP contribution is -2.42. The number of carboxylic acid groups (broad SMARTS) is 1. The summed E-state index contributed by atoms with van der Waals surface area (Å²) in [4.78, 5) is 23.3. The monoisotopic (exact) mass is 300 g/mol. The Kier molecular flexibility index (Phi) is 5.54. The average molecular weight is 300 g/mol. The predicted octanol–water partition coefficient (Wildman–Crippen LogP) is 2.25. The minimum atomic E-state index is -1.04. The maximum Gasteiger partial charge on any atom is 0.326 e. The van der Waals surface area contributed by atoms with E-state index < -0.39 is 12.0 Å². The van der Waals surface area contributed by atoms with E-state index >= 15 is 0 Å². The van der Waals surface area contributed by atoms with E-state index in [1.54, 1.807) is 24.3 Å². The number of hydrogen-bond donors (Lipinski definition) is 2. The summed E-state index contributed by atoms with van der Waals surface area (Å²) in [5.41, 5.74) is 1.31. The molecule has 0 saturated heterocycles. The molecule has 0 aromatic heterocycles. The minimum absolute atomic E-state index is 0.187. The van der Waals surface area contributed by atoms with Crippen LogP contribution in [-0.4, -0.2) is 23.0 Å². The Morgan fingerprint density at radius 2 is 1.91 bits per heavy atom. The van der Waals surface area contributed by atoms with Gasteiger partial charge in [0, 0.05) is 12.8 Å². The van der Waals surface area contributed by atoms with Gasteiger partial charge in [0.05, 0.1) is 11.6 Å². The van der Waals surface area contributed by atoms with Crippen LogP contribution < -0.4 is 5.32 Å². The van der Waals surface area contributed by atoms with Crippen molar-refractivity contribution in [3.05, 3.63) is 35.4 Å². The van der Waals surface area contributed by atoms with Gasteiger partial charge in [0.15, 0.2) is 0 Å². The van der Waals surface area contributed by atoms with Gasteiger partial charge in [0.25, 0.3) is 0 Å². The smallest absolute Gasteiger partial charge is 0.326 e. The summed E-state index contributed by atoms with van der Waals surface area (Å²) >= 11 is 0. The average Bonchev–Trinajstić information content (AvgIpc) is 3.00. The summed E-state index contributed by atoms with van der Waals surface area (Å²) in [5.74, 6) is -0.832. The third-order valence-electron chi connectivity index (χ3n) is 4.10. The van der Waals surface area contributed by atoms with Gasteiger partial charge >= 0.3 is 5.97 Å². The van der Waals surface area contributed by atoms with Gasteiger partial charge in [0.2, 0.25) is 5.91 Å². The molecule has 2 rings (SSSR count). The molecule has 0 radical (unpaired) electrons. The van der Waals surface area contributed by atoms with Gasteiger partial charge in [-0.25, -0.2) is 4.79 Å². The van der Waals surface area contributed by atoms with Crippen molar-refractivity contribution in [1.82, 2.24) is 5.32 Å². The summed E-state index contributed by atoms with van der Waals surface area (Å²) < 4.78 is 0. The molecule has 1 fully saturated rings. The molecule has 0 spiro atoms. The molecule has 0 aliphatic heterocycles. The quantitative estimate of drug-likeness (QED) is 0.843. The molecular formula is C17H20N2O3. The normalized spacial score (nSPS) is 16.0. The Bertz CT molecular complexity index is 569. The third-order valence-corrected chi connectivity index (χ3v) is 4.10. The number of carbonyl (C=O) groups excluding carboxylic acids is 1. The molecule has 1 aromatic rings. The second kappa shape index (κ2) is 7.60. The van der Waals surface area contributed by atoms with Crippen LogP contribution in [0.25, 0.3) is 0 Å². The second-order valence-electron chi connectivity index (χ2n) is 5.83. The maximum atomic E-state index is 12.0. The Hall–Kier alpha value is -2.35. The molecule has 116 valence electrons. The predicted molar refractivity (Wildman–Crippen MR) is 81.0 cm³/mol. The van der Waals surface area contributed by atoms with Crippen LogP contribution in [0.15, 0.2) is 24.3 Å². The van der Waals surface area contributed by atoms with Gasteiger partial charge in [0.1, 0.15) is 6.04 Å². The minimum Gasteiger partial charge on any atom is -0.480 e. The van der Waals surface area contributed by atoms with Gasteiger partial charge in [-0.2, -0.15) is 5.26 Å². The maximum absolute atomic E-state index is 12.0. The number of benzene rings is 1. The van der Waals surface area contributed by atoms with E-state index in [2.05, 4.69) is 5.32 Å². The van der Waals surface area contributed by atoms with Crippen molar-refractivity contribution in [3.63, 3.8) is 0 Å². The van der Waals surface area contributed by atoms with E-state index in [-0.39, 0.29) is 12.3 Å². The number of nitrogens with one attached hydrogen (secondary N) is 1. The highest BCUT2D eigenvalue weighted by molar-refractivity contribution is 5.83. The Labute approximate surface area is 129 Å². The van der Waals surface area contributed by atoms with Crippen LogP contribution in [0.4, 0.5) is 0 Å². The SMILES string of the molecule is N#Cc1ccc(C[C@H](NC(=O)CC2CCCC2)C(=O)O)cc1. The Morgan fingerprint density at radius 3 is 2.45 bits per heavy atom. The summed E-state index contributed by atoms with van der Waals surface area (Å²) in [6.07, 6.45) is 5.06. The number of hydrogen-bond acceptors (Lipinski definition) is 3. The number of amides is 1. The fraction of sp³-hybridized carbons (Fsp3) is 0.471. The van der Waals surface area contributed by atoms with Crippen molar-refractivity contribution < 1.29 is 14.7 Å². The lowest BCUT2D eigenvalue weighted by Gasteiger charge is -2.16. The zero-order valence-corrected chi connectivity index (χ0v) is 12.4. The fourth-order valence-corrected chi connectivity index (χ4v) is 2.88. The number of rotatable bonds is 6.